The summed E-state index contributed by atoms with van der Waals surface area (Å²) >= 11 is 3.54. The molecule has 25 heavy (non-hydrogen) atoms. The van der Waals surface area contributed by atoms with Crippen molar-refractivity contribution in [3.8, 4) is 0 Å². The van der Waals surface area contributed by atoms with Gasteiger partial charge in [0, 0.05) is 56.7 Å². The lowest BCUT2D eigenvalue weighted by atomic mass is 10.2. The second-order valence-electron chi connectivity index (χ2n) is 6.64. The predicted octanol–water partition coefficient (Wildman–Crippen LogP) is 2.30. The molecule has 1 N–H and O–H groups in total. The molecule has 1 saturated heterocycles. The van der Waals surface area contributed by atoms with Crippen molar-refractivity contribution in [3.05, 3.63) is 22.4 Å². The van der Waals surface area contributed by atoms with Crippen molar-refractivity contribution in [1.29, 1.82) is 0 Å². The molecule has 2 heterocycles. The average Bonchev–Trinajstić information content (AvgIpc) is 3.15. The Morgan fingerprint density at radius 3 is 2.96 bits per heavy atom. The number of aliphatic imine (C=N–C) groups is 1. The van der Waals surface area contributed by atoms with E-state index in [4.69, 9.17) is 9.73 Å². The minimum Gasteiger partial charge on any atom is -0.383 e. The molecule has 1 aromatic rings. The Kier molecular flexibility index (Phi) is 8.26. The monoisotopic (exact) mass is 413 g/mol. The molecule has 0 saturated carbocycles. The van der Waals surface area contributed by atoms with Crippen LogP contribution in [0.2, 0.25) is 0 Å². The summed E-state index contributed by atoms with van der Waals surface area (Å²) in [5.74, 6) is 0.971. The lowest BCUT2D eigenvalue weighted by molar-refractivity contribution is 0.142. The maximum Gasteiger partial charge on any atom is 0.194 e. The summed E-state index contributed by atoms with van der Waals surface area (Å²) < 4.78 is 8.49. The third-order valence-corrected chi connectivity index (χ3v) is 5.14. The van der Waals surface area contributed by atoms with E-state index in [1.54, 1.807) is 7.11 Å². The van der Waals surface area contributed by atoms with Gasteiger partial charge in [-0.1, -0.05) is 0 Å². The molecule has 1 atom stereocenters. The summed E-state index contributed by atoms with van der Waals surface area (Å²) in [6, 6.07) is 2.69. The lowest BCUT2D eigenvalue weighted by Crippen LogP contribution is -2.40. The van der Waals surface area contributed by atoms with Crippen molar-refractivity contribution in [2.75, 3.05) is 46.9 Å². The Morgan fingerprint density at radius 2 is 2.32 bits per heavy atom. The van der Waals surface area contributed by atoms with Crippen LogP contribution in [0.25, 0.3) is 0 Å². The fourth-order valence-corrected chi connectivity index (χ4v) is 3.88. The molecule has 0 bridgehead atoms. The zero-order valence-corrected chi connectivity index (χ0v) is 17.5. The van der Waals surface area contributed by atoms with Crippen LogP contribution in [0.4, 0.5) is 0 Å². The van der Waals surface area contributed by atoms with Crippen molar-refractivity contribution in [3.63, 3.8) is 0 Å². The van der Waals surface area contributed by atoms with Crippen molar-refractivity contribution in [2.45, 2.75) is 32.4 Å². The van der Waals surface area contributed by atoms with Gasteiger partial charge in [0.05, 0.1) is 19.7 Å². The molecule has 1 aliphatic rings. The Hall–Kier alpha value is -1.05. The predicted molar refractivity (Wildman–Crippen MR) is 107 cm³/mol. The summed E-state index contributed by atoms with van der Waals surface area (Å²) in [5, 5.41) is 3.42. The van der Waals surface area contributed by atoms with Gasteiger partial charge in [0.1, 0.15) is 0 Å². The zero-order chi connectivity index (χ0) is 18.2. The number of aromatic nitrogens is 1. The molecule has 0 amide bonds. The molecule has 0 aliphatic carbocycles. The standard InChI is InChI=1S/C18H32BrN5O/c1-5-20-18(23(3)14-17-11-15(19)13-22(17)2)21-12-16-7-6-8-24(16)9-10-25-4/h11,13,16H,5-10,12,14H2,1-4H3,(H,20,21). The number of guanidine groups is 1. The van der Waals surface area contributed by atoms with Crippen molar-refractivity contribution < 1.29 is 4.74 Å². The molecule has 1 aromatic heterocycles. The number of halogens is 1. The first-order chi connectivity index (χ1) is 12.0. The Bertz CT molecular complexity index is 560. The number of nitrogens with one attached hydrogen (secondary N) is 1. The number of likely N-dealkylation sites (tertiary alicyclic amines) is 1. The summed E-state index contributed by atoms with van der Waals surface area (Å²) in [4.78, 5) is 9.61. The van der Waals surface area contributed by atoms with E-state index >= 15 is 0 Å². The van der Waals surface area contributed by atoms with Gasteiger partial charge in [0.15, 0.2) is 5.96 Å². The number of hydrogen-bond donors (Lipinski definition) is 1. The fourth-order valence-electron chi connectivity index (χ4n) is 3.31. The highest BCUT2D eigenvalue weighted by Crippen LogP contribution is 2.18. The van der Waals surface area contributed by atoms with Crippen molar-refractivity contribution >= 4 is 21.9 Å². The van der Waals surface area contributed by atoms with Gasteiger partial charge >= 0.3 is 0 Å². The first-order valence-electron chi connectivity index (χ1n) is 9.08. The number of aryl methyl sites for hydroxylation is 1. The Balaban J connectivity index is 1.98. The minimum absolute atomic E-state index is 0.529. The third kappa shape index (κ3) is 6.01. The molecule has 7 heteroatoms. The lowest BCUT2D eigenvalue weighted by Gasteiger charge is -2.25. The second-order valence-corrected chi connectivity index (χ2v) is 7.55. The van der Waals surface area contributed by atoms with E-state index in [9.17, 15) is 0 Å². The highest BCUT2D eigenvalue weighted by Gasteiger charge is 2.24. The van der Waals surface area contributed by atoms with E-state index in [0.29, 0.717) is 6.04 Å². The first kappa shape index (κ1) is 20.3. The molecule has 1 aliphatic heterocycles. The summed E-state index contributed by atoms with van der Waals surface area (Å²) in [6.45, 7) is 7.61. The number of hydrogen-bond acceptors (Lipinski definition) is 3. The van der Waals surface area contributed by atoms with Crippen LogP contribution in [0.1, 0.15) is 25.5 Å². The van der Waals surface area contributed by atoms with Gasteiger partial charge < -0.3 is 19.5 Å². The molecular formula is C18H32BrN5O. The summed E-state index contributed by atoms with van der Waals surface area (Å²) in [7, 11) is 5.94. The maximum atomic E-state index is 5.23. The average molecular weight is 414 g/mol. The van der Waals surface area contributed by atoms with Gasteiger partial charge in [0.25, 0.3) is 0 Å². The first-order valence-corrected chi connectivity index (χ1v) is 9.87. The summed E-state index contributed by atoms with van der Waals surface area (Å²) in [5.41, 5.74) is 1.25. The molecule has 0 aromatic carbocycles. The van der Waals surface area contributed by atoms with Gasteiger partial charge in [0.2, 0.25) is 0 Å². The van der Waals surface area contributed by atoms with Crippen LogP contribution in [-0.4, -0.2) is 73.3 Å². The highest BCUT2D eigenvalue weighted by molar-refractivity contribution is 9.10. The van der Waals surface area contributed by atoms with Crippen LogP contribution in [0.3, 0.4) is 0 Å². The topological polar surface area (TPSA) is 45.0 Å². The molecule has 0 radical (unpaired) electrons. The smallest absolute Gasteiger partial charge is 0.194 e. The van der Waals surface area contributed by atoms with Gasteiger partial charge in [-0.15, -0.1) is 0 Å². The number of rotatable bonds is 8. The van der Waals surface area contributed by atoms with Gasteiger partial charge in [-0.2, -0.15) is 0 Å². The largest absolute Gasteiger partial charge is 0.383 e. The Labute approximate surface area is 160 Å². The molecule has 0 spiro atoms. The second kappa shape index (κ2) is 10.2. The van der Waals surface area contributed by atoms with Crippen LogP contribution >= 0.6 is 15.9 Å². The molecule has 1 fully saturated rings. The number of methoxy groups -OCH3 is 1. The zero-order valence-electron chi connectivity index (χ0n) is 16.0. The number of nitrogens with zero attached hydrogens (tertiary/aromatic N) is 4. The van der Waals surface area contributed by atoms with E-state index in [0.717, 1.165) is 49.8 Å². The van der Waals surface area contributed by atoms with E-state index in [1.165, 1.54) is 18.5 Å². The van der Waals surface area contributed by atoms with Crippen molar-refractivity contribution in [2.24, 2.45) is 12.0 Å². The summed E-state index contributed by atoms with van der Waals surface area (Å²) in [6.07, 6.45) is 4.56. The van der Waals surface area contributed by atoms with Crippen LogP contribution in [0.15, 0.2) is 21.7 Å². The highest BCUT2D eigenvalue weighted by atomic mass is 79.9. The minimum atomic E-state index is 0.529. The molecule has 1 unspecified atom stereocenters. The quantitative estimate of drug-likeness (QED) is 0.524. The number of ether oxygens (including phenoxy) is 1. The Morgan fingerprint density at radius 1 is 1.52 bits per heavy atom. The SMILES string of the molecule is CCNC(=NCC1CCCN1CCOC)N(C)Cc1cc(Br)cn1C. The van der Waals surface area contributed by atoms with Crippen LogP contribution in [-0.2, 0) is 18.3 Å². The molecular weight excluding hydrogens is 382 g/mol. The van der Waals surface area contributed by atoms with Gasteiger partial charge in [-0.25, -0.2) is 0 Å². The van der Waals surface area contributed by atoms with Crippen LogP contribution in [0.5, 0.6) is 0 Å². The van der Waals surface area contributed by atoms with E-state index in [-0.39, 0.29) is 0 Å². The van der Waals surface area contributed by atoms with Crippen molar-refractivity contribution in [1.82, 2.24) is 19.7 Å². The molecule has 142 valence electrons. The molecule has 2 rings (SSSR count). The molecule has 6 nitrogen and oxygen atoms in total. The normalized spacial score (nSPS) is 18.8. The van der Waals surface area contributed by atoms with E-state index in [2.05, 4.69) is 68.9 Å². The van der Waals surface area contributed by atoms with Crippen LogP contribution < -0.4 is 5.32 Å². The van der Waals surface area contributed by atoms with Gasteiger partial charge in [-0.3, -0.25) is 9.89 Å². The fraction of sp³-hybridized carbons (Fsp3) is 0.722. The third-order valence-electron chi connectivity index (χ3n) is 4.70. The van der Waals surface area contributed by atoms with Gasteiger partial charge in [-0.05, 0) is 48.3 Å². The van der Waals surface area contributed by atoms with E-state index in [1.807, 2.05) is 0 Å². The maximum absolute atomic E-state index is 5.23. The van der Waals surface area contributed by atoms with E-state index < -0.39 is 0 Å². The van der Waals surface area contributed by atoms with Crippen LogP contribution in [0, 0.1) is 0 Å².